The Balaban J connectivity index is 1.62. The van der Waals surface area contributed by atoms with Crippen LogP contribution in [0.15, 0.2) is 48.5 Å². The van der Waals surface area contributed by atoms with E-state index < -0.39 is 5.97 Å². The number of amides is 1. The highest BCUT2D eigenvalue weighted by molar-refractivity contribution is 5.93. The van der Waals surface area contributed by atoms with Crippen molar-refractivity contribution in [3.8, 4) is 0 Å². The van der Waals surface area contributed by atoms with E-state index in [1.54, 1.807) is 18.2 Å². The normalized spacial score (nSPS) is 10.4. The van der Waals surface area contributed by atoms with E-state index in [0.717, 1.165) is 10.4 Å². The van der Waals surface area contributed by atoms with Gasteiger partial charge in [-0.2, -0.15) is 0 Å². The number of aromatic nitrogens is 3. The predicted molar refractivity (Wildman–Crippen MR) is 88.6 cm³/mol. The van der Waals surface area contributed by atoms with Crippen LogP contribution in [0.3, 0.4) is 0 Å². The fourth-order valence-electron chi connectivity index (χ4n) is 2.21. The minimum atomic E-state index is -0.477. The lowest BCUT2D eigenvalue weighted by molar-refractivity contribution is -0.126. The third-order valence-corrected chi connectivity index (χ3v) is 3.49. The maximum Gasteiger partial charge on any atom is 0.337 e. The molecule has 128 valence electrons. The molecule has 0 aliphatic rings. The molecule has 3 rings (SSSR count). The van der Waals surface area contributed by atoms with Crippen molar-refractivity contribution in [1.29, 1.82) is 0 Å². The summed E-state index contributed by atoms with van der Waals surface area (Å²) in [5, 5.41) is 10.5. The van der Waals surface area contributed by atoms with E-state index in [9.17, 15) is 9.59 Å². The van der Waals surface area contributed by atoms with E-state index >= 15 is 0 Å². The Morgan fingerprint density at radius 1 is 1.16 bits per heavy atom. The largest absolute Gasteiger partial charge is 0.465 e. The summed E-state index contributed by atoms with van der Waals surface area (Å²) in [7, 11) is 1.30. The standard InChI is InChI=1S/C17H16N4O4/c1-24-17(23)13-7-8-14-15(9-13)21(20-19-14)25-11-16(22)18-10-12-5-3-2-4-6-12/h2-9H,10-11H2,1H3,(H,18,22). The summed E-state index contributed by atoms with van der Waals surface area (Å²) in [5.74, 6) is -0.771. The average molecular weight is 340 g/mol. The number of methoxy groups -OCH3 is 1. The van der Waals surface area contributed by atoms with Gasteiger partial charge < -0.3 is 14.9 Å². The van der Waals surface area contributed by atoms with E-state index in [4.69, 9.17) is 4.84 Å². The average Bonchev–Trinajstić information content (AvgIpc) is 3.07. The first-order valence-corrected chi connectivity index (χ1v) is 7.55. The summed E-state index contributed by atoms with van der Waals surface area (Å²) < 4.78 is 4.68. The number of fused-ring (bicyclic) bond motifs is 1. The second kappa shape index (κ2) is 7.43. The van der Waals surface area contributed by atoms with Crippen molar-refractivity contribution in [3.05, 3.63) is 59.7 Å². The number of esters is 1. The van der Waals surface area contributed by atoms with Gasteiger partial charge in [0.15, 0.2) is 6.61 Å². The molecule has 1 N–H and O–H groups in total. The number of nitrogens with one attached hydrogen (secondary N) is 1. The second-order valence-corrected chi connectivity index (χ2v) is 5.19. The van der Waals surface area contributed by atoms with Crippen LogP contribution in [0.2, 0.25) is 0 Å². The Kier molecular flexibility index (Phi) is 4.89. The highest BCUT2D eigenvalue weighted by atomic mass is 16.7. The van der Waals surface area contributed by atoms with Gasteiger partial charge in [0, 0.05) is 6.54 Å². The quantitative estimate of drug-likeness (QED) is 0.672. The third-order valence-electron chi connectivity index (χ3n) is 3.49. The fraction of sp³-hybridized carbons (Fsp3) is 0.176. The molecule has 0 atom stereocenters. The van der Waals surface area contributed by atoms with Crippen LogP contribution in [0.25, 0.3) is 11.0 Å². The van der Waals surface area contributed by atoms with Crippen LogP contribution in [0.1, 0.15) is 15.9 Å². The Hall–Kier alpha value is -3.42. The number of carbonyl (C=O) groups excluding carboxylic acids is 2. The number of rotatable bonds is 6. The zero-order valence-electron chi connectivity index (χ0n) is 13.5. The van der Waals surface area contributed by atoms with Gasteiger partial charge in [-0.1, -0.05) is 35.2 Å². The molecule has 1 amide bonds. The van der Waals surface area contributed by atoms with E-state index in [1.165, 1.54) is 7.11 Å². The van der Waals surface area contributed by atoms with Crippen molar-refractivity contribution in [3.63, 3.8) is 0 Å². The minimum absolute atomic E-state index is 0.228. The Labute approximate surface area is 143 Å². The molecule has 0 aliphatic heterocycles. The molecular formula is C17H16N4O4. The van der Waals surface area contributed by atoms with Crippen molar-refractivity contribution in [2.75, 3.05) is 13.7 Å². The first-order chi connectivity index (χ1) is 12.2. The molecule has 0 aliphatic carbocycles. The predicted octanol–water partition coefficient (Wildman–Crippen LogP) is 0.963. The van der Waals surface area contributed by atoms with Crippen LogP contribution in [0.4, 0.5) is 0 Å². The molecule has 0 saturated carbocycles. The number of carbonyl (C=O) groups is 2. The Bertz CT molecular complexity index is 892. The molecule has 3 aromatic rings. The maximum atomic E-state index is 11.9. The van der Waals surface area contributed by atoms with Gasteiger partial charge in [-0.15, -0.1) is 5.10 Å². The van der Waals surface area contributed by atoms with Gasteiger partial charge in [-0.3, -0.25) is 4.79 Å². The van der Waals surface area contributed by atoms with Gasteiger partial charge in [-0.25, -0.2) is 4.79 Å². The molecular weight excluding hydrogens is 324 g/mol. The van der Waals surface area contributed by atoms with E-state index in [0.29, 0.717) is 23.1 Å². The molecule has 2 aromatic carbocycles. The van der Waals surface area contributed by atoms with Crippen LogP contribution in [0, 0.1) is 0 Å². The van der Waals surface area contributed by atoms with Crippen molar-refractivity contribution in [1.82, 2.24) is 20.5 Å². The lowest BCUT2D eigenvalue weighted by Crippen LogP contribution is -2.31. The van der Waals surface area contributed by atoms with E-state index in [1.807, 2.05) is 30.3 Å². The first kappa shape index (κ1) is 16.4. The topological polar surface area (TPSA) is 95.3 Å². The van der Waals surface area contributed by atoms with Gasteiger partial charge in [-0.05, 0) is 29.0 Å². The number of benzene rings is 2. The van der Waals surface area contributed by atoms with Crippen LogP contribution in [0.5, 0.6) is 0 Å². The van der Waals surface area contributed by atoms with Crippen LogP contribution in [-0.2, 0) is 16.1 Å². The summed E-state index contributed by atoms with van der Waals surface area (Å²) in [6.45, 7) is 0.182. The van der Waals surface area contributed by atoms with Gasteiger partial charge in [0.25, 0.3) is 5.91 Å². The van der Waals surface area contributed by atoms with Crippen LogP contribution in [-0.4, -0.2) is 40.8 Å². The zero-order valence-corrected chi connectivity index (χ0v) is 13.5. The van der Waals surface area contributed by atoms with Crippen molar-refractivity contribution in [2.45, 2.75) is 6.54 Å². The summed E-state index contributed by atoms with van der Waals surface area (Å²) in [5.41, 5.74) is 2.34. The van der Waals surface area contributed by atoms with Crippen molar-refractivity contribution < 1.29 is 19.2 Å². The summed E-state index contributed by atoms with van der Waals surface area (Å²) in [4.78, 5) is 30.0. The van der Waals surface area contributed by atoms with Gasteiger partial charge in [0.05, 0.1) is 12.7 Å². The molecule has 0 fully saturated rings. The van der Waals surface area contributed by atoms with Gasteiger partial charge >= 0.3 is 5.97 Å². The molecule has 0 radical (unpaired) electrons. The zero-order chi connectivity index (χ0) is 17.6. The molecule has 8 nitrogen and oxygen atoms in total. The SMILES string of the molecule is COC(=O)c1ccc2nnn(OCC(=O)NCc3ccccc3)c2c1. The smallest absolute Gasteiger partial charge is 0.337 e. The third kappa shape index (κ3) is 3.92. The van der Waals surface area contributed by atoms with Crippen molar-refractivity contribution in [2.24, 2.45) is 0 Å². The second-order valence-electron chi connectivity index (χ2n) is 5.19. The van der Waals surface area contributed by atoms with E-state index in [2.05, 4.69) is 20.4 Å². The highest BCUT2D eigenvalue weighted by Crippen LogP contribution is 2.13. The Morgan fingerprint density at radius 2 is 1.96 bits per heavy atom. The summed E-state index contributed by atoms with van der Waals surface area (Å²) >= 11 is 0. The molecule has 25 heavy (non-hydrogen) atoms. The van der Waals surface area contributed by atoms with Crippen LogP contribution >= 0.6 is 0 Å². The molecule has 0 saturated heterocycles. The lowest BCUT2D eigenvalue weighted by Gasteiger charge is -2.07. The first-order valence-electron chi connectivity index (χ1n) is 7.55. The number of nitrogens with zero attached hydrogens (tertiary/aromatic N) is 3. The molecule has 1 aromatic heterocycles. The number of ether oxygens (including phenoxy) is 1. The van der Waals surface area contributed by atoms with E-state index in [-0.39, 0.29) is 12.5 Å². The fourth-order valence-corrected chi connectivity index (χ4v) is 2.21. The number of hydrogen-bond acceptors (Lipinski definition) is 6. The Morgan fingerprint density at radius 3 is 2.72 bits per heavy atom. The summed E-state index contributed by atoms with van der Waals surface area (Å²) in [6.07, 6.45) is 0. The molecule has 0 unspecified atom stereocenters. The molecule has 1 heterocycles. The van der Waals surface area contributed by atoms with Crippen LogP contribution < -0.4 is 10.2 Å². The lowest BCUT2D eigenvalue weighted by atomic mass is 10.2. The van der Waals surface area contributed by atoms with Gasteiger partial charge in [0.1, 0.15) is 11.0 Å². The molecule has 0 bridgehead atoms. The monoisotopic (exact) mass is 340 g/mol. The van der Waals surface area contributed by atoms with Crippen molar-refractivity contribution >= 4 is 22.9 Å². The minimum Gasteiger partial charge on any atom is -0.465 e. The summed E-state index contributed by atoms with van der Waals surface area (Å²) in [6, 6.07) is 14.3. The highest BCUT2D eigenvalue weighted by Gasteiger charge is 2.12. The maximum absolute atomic E-state index is 11.9. The number of hydrogen-bond donors (Lipinski definition) is 1. The van der Waals surface area contributed by atoms with Gasteiger partial charge in [0.2, 0.25) is 0 Å². The molecule has 0 spiro atoms. The molecule has 8 heteroatoms.